The van der Waals surface area contributed by atoms with Crippen LogP contribution in [0.1, 0.15) is 48.0 Å². The first-order chi connectivity index (χ1) is 11.3. The van der Waals surface area contributed by atoms with E-state index in [0.29, 0.717) is 19.5 Å². The Balaban J connectivity index is 2.63. The van der Waals surface area contributed by atoms with Gasteiger partial charge in [0, 0.05) is 18.5 Å². The van der Waals surface area contributed by atoms with Gasteiger partial charge in [0.2, 0.25) is 5.28 Å². The number of hydrazine groups is 1. The summed E-state index contributed by atoms with van der Waals surface area (Å²) in [5, 5.41) is 28.4. The number of aliphatic carboxylic acids is 1. The molecule has 0 aliphatic carbocycles. The van der Waals surface area contributed by atoms with Crippen LogP contribution in [0.15, 0.2) is 5.28 Å². The Bertz CT molecular complexity index is 523. The molecule has 1 fully saturated rings. The highest BCUT2D eigenvalue weighted by molar-refractivity contribution is 5.75. The first kappa shape index (κ1) is 20.8. The van der Waals surface area contributed by atoms with Crippen LogP contribution in [-0.2, 0) is 9.63 Å². The topological polar surface area (TPSA) is 121 Å². The smallest absolute Gasteiger partial charge is 0.329 e. The van der Waals surface area contributed by atoms with Crippen molar-refractivity contribution in [2.75, 3.05) is 19.6 Å². The number of carbonyl (C=O) groups is 2. The van der Waals surface area contributed by atoms with E-state index in [2.05, 4.69) is 10.6 Å². The molecule has 0 unspecified atom stereocenters. The molecule has 1 saturated heterocycles. The Morgan fingerprint density at radius 1 is 1.36 bits per heavy atom. The van der Waals surface area contributed by atoms with Gasteiger partial charge in [-0.1, -0.05) is 0 Å². The molecule has 0 spiro atoms. The molecule has 144 valence electrons. The average molecular weight is 359 g/mol. The van der Waals surface area contributed by atoms with Crippen molar-refractivity contribution in [2.45, 2.75) is 65.1 Å². The van der Waals surface area contributed by atoms with E-state index in [9.17, 15) is 14.8 Å². The monoisotopic (exact) mass is 359 g/mol. The SMILES string of the molecule is CC(C)(C)NC(=O)N1CC[C@@H](O/N=[N+](\[O-])N(CC(=O)O)C(C)(C)C)C1. The van der Waals surface area contributed by atoms with E-state index < -0.39 is 24.2 Å². The van der Waals surface area contributed by atoms with Gasteiger partial charge in [-0.15, -0.1) is 5.01 Å². The van der Waals surface area contributed by atoms with Gasteiger partial charge in [-0.25, -0.2) is 4.79 Å². The fraction of sp³-hybridized carbons (Fsp3) is 0.867. The average Bonchev–Trinajstić information content (AvgIpc) is 2.88. The molecule has 0 aromatic rings. The van der Waals surface area contributed by atoms with E-state index in [1.54, 1.807) is 25.7 Å². The normalized spacial score (nSPS) is 18.9. The van der Waals surface area contributed by atoms with Crippen molar-refractivity contribution in [2.24, 2.45) is 5.28 Å². The first-order valence-electron chi connectivity index (χ1n) is 8.20. The number of likely N-dealkylation sites (tertiary alicyclic amines) is 1. The van der Waals surface area contributed by atoms with Crippen molar-refractivity contribution in [3.63, 3.8) is 0 Å². The fourth-order valence-corrected chi connectivity index (χ4v) is 2.23. The lowest BCUT2D eigenvalue weighted by Gasteiger charge is -2.28. The van der Waals surface area contributed by atoms with Gasteiger partial charge in [-0.2, -0.15) is 0 Å². The molecule has 1 heterocycles. The van der Waals surface area contributed by atoms with Crippen LogP contribution in [0.5, 0.6) is 0 Å². The number of rotatable bonds is 5. The molecule has 1 aliphatic heterocycles. The summed E-state index contributed by atoms with van der Waals surface area (Å²) >= 11 is 0. The zero-order valence-electron chi connectivity index (χ0n) is 15.8. The quantitative estimate of drug-likeness (QED) is 0.436. The molecule has 0 aromatic carbocycles. The summed E-state index contributed by atoms with van der Waals surface area (Å²) < 4.78 is 0. The van der Waals surface area contributed by atoms with Gasteiger partial charge in [0.15, 0.2) is 12.6 Å². The molecule has 2 N–H and O–H groups in total. The largest absolute Gasteiger partial charge is 0.569 e. The maximum atomic E-state index is 12.1. The summed E-state index contributed by atoms with van der Waals surface area (Å²) in [7, 11) is 0. The molecule has 10 heteroatoms. The Kier molecular flexibility index (Phi) is 6.44. The zero-order valence-corrected chi connectivity index (χ0v) is 15.8. The number of hydrogen-bond acceptors (Lipinski definition) is 5. The predicted molar refractivity (Wildman–Crippen MR) is 89.5 cm³/mol. The van der Waals surface area contributed by atoms with Crippen molar-refractivity contribution in [3.05, 3.63) is 5.21 Å². The number of nitrogens with one attached hydrogen (secondary N) is 1. The Morgan fingerprint density at radius 3 is 2.44 bits per heavy atom. The van der Waals surface area contributed by atoms with E-state index in [4.69, 9.17) is 9.94 Å². The Labute approximate surface area is 147 Å². The van der Waals surface area contributed by atoms with E-state index >= 15 is 0 Å². The fourth-order valence-electron chi connectivity index (χ4n) is 2.23. The van der Waals surface area contributed by atoms with Gasteiger partial charge in [0.25, 0.3) is 0 Å². The van der Waals surface area contributed by atoms with E-state index in [1.807, 2.05) is 20.8 Å². The van der Waals surface area contributed by atoms with Crippen LogP contribution in [0.2, 0.25) is 0 Å². The van der Waals surface area contributed by atoms with Gasteiger partial charge in [-0.05, 0) is 41.5 Å². The third kappa shape index (κ3) is 7.02. The molecule has 10 nitrogen and oxygen atoms in total. The zero-order chi connectivity index (χ0) is 19.4. The van der Waals surface area contributed by atoms with Crippen molar-refractivity contribution in [3.8, 4) is 0 Å². The van der Waals surface area contributed by atoms with Crippen molar-refractivity contribution >= 4 is 12.0 Å². The lowest BCUT2D eigenvalue weighted by molar-refractivity contribution is -0.724. The number of carbonyl (C=O) groups excluding carboxylic acids is 1. The van der Waals surface area contributed by atoms with Crippen molar-refractivity contribution in [1.82, 2.24) is 15.2 Å². The number of urea groups is 1. The van der Waals surface area contributed by atoms with Gasteiger partial charge < -0.3 is 25.4 Å². The van der Waals surface area contributed by atoms with Crippen LogP contribution in [0, 0.1) is 5.21 Å². The van der Waals surface area contributed by atoms with Crippen molar-refractivity contribution in [1.29, 1.82) is 0 Å². The van der Waals surface area contributed by atoms with Gasteiger partial charge >= 0.3 is 12.0 Å². The number of amides is 2. The molecule has 0 bridgehead atoms. The number of nitrogens with zero attached hydrogens (tertiary/aromatic N) is 4. The molecule has 1 atom stereocenters. The minimum atomic E-state index is -1.14. The van der Waals surface area contributed by atoms with E-state index in [-0.39, 0.29) is 16.5 Å². The summed E-state index contributed by atoms with van der Waals surface area (Å²) in [6, 6.07) is -0.195. The highest BCUT2D eigenvalue weighted by Crippen LogP contribution is 2.16. The predicted octanol–water partition coefficient (Wildman–Crippen LogP) is 1.56. The van der Waals surface area contributed by atoms with Gasteiger partial charge in [0.1, 0.15) is 0 Å². The highest BCUT2D eigenvalue weighted by atomic mass is 16.7. The van der Waals surface area contributed by atoms with Crippen molar-refractivity contribution < 1.29 is 24.5 Å². The third-order valence-corrected chi connectivity index (χ3v) is 3.45. The van der Waals surface area contributed by atoms with Gasteiger partial charge in [-0.3, -0.25) is 4.79 Å². The maximum absolute atomic E-state index is 12.1. The Hall–Kier alpha value is -2.26. The molecule has 2 amide bonds. The second-order valence-electron chi connectivity index (χ2n) is 8.10. The number of hydrogen-bond donors (Lipinski definition) is 2. The highest BCUT2D eigenvalue weighted by Gasteiger charge is 2.33. The number of carboxylic acids is 1. The van der Waals surface area contributed by atoms with Crippen LogP contribution in [-0.4, -0.2) is 68.8 Å². The summed E-state index contributed by atoms with van der Waals surface area (Å²) in [5.41, 5.74) is -1.07. The van der Waals surface area contributed by atoms with E-state index in [1.165, 1.54) is 0 Å². The second kappa shape index (κ2) is 7.75. The molecule has 25 heavy (non-hydrogen) atoms. The van der Waals surface area contributed by atoms with Crippen LogP contribution in [0.3, 0.4) is 0 Å². The van der Waals surface area contributed by atoms with Crippen LogP contribution in [0.25, 0.3) is 0 Å². The van der Waals surface area contributed by atoms with Crippen LogP contribution >= 0.6 is 0 Å². The van der Waals surface area contributed by atoms with Crippen LogP contribution < -0.4 is 5.32 Å². The molecule has 0 aromatic heterocycles. The van der Waals surface area contributed by atoms with Crippen LogP contribution in [0.4, 0.5) is 4.79 Å². The lowest BCUT2D eigenvalue weighted by Crippen LogP contribution is -2.48. The molecular weight excluding hydrogens is 330 g/mol. The molecule has 1 rings (SSSR count). The summed E-state index contributed by atoms with van der Waals surface area (Å²) in [4.78, 5) is 30.0. The molecular formula is C15H29N5O5. The lowest BCUT2D eigenvalue weighted by atomic mass is 10.1. The standard InChI is InChI=1S/C15H29N5O5/c1-14(2,3)16-13(23)18-8-7-11(9-18)25-17-20(24)19(10-12(21)22)15(4,5)6/h11H,7-10H2,1-6H3,(H,16,23)(H,21,22)/b20-17-/t11-/m1/s1. The molecule has 1 aliphatic rings. The van der Waals surface area contributed by atoms with Gasteiger partial charge in [0.05, 0.1) is 17.1 Å². The summed E-state index contributed by atoms with van der Waals surface area (Å²) in [6.07, 6.45) is 0.136. The van der Waals surface area contributed by atoms with E-state index in [0.717, 1.165) is 5.01 Å². The Morgan fingerprint density at radius 2 is 1.96 bits per heavy atom. The number of carboxylic acid groups (broad SMARTS) is 1. The molecule has 0 saturated carbocycles. The third-order valence-electron chi connectivity index (χ3n) is 3.45. The second-order valence-corrected chi connectivity index (χ2v) is 8.10. The first-order valence-corrected chi connectivity index (χ1v) is 8.20. The minimum absolute atomic E-state index is 0.159. The maximum Gasteiger partial charge on any atom is 0.329 e. The summed E-state index contributed by atoms with van der Waals surface area (Å²) in [5.74, 6) is -1.14. The summed E-state index contributed by atoms with van der Waals surface area (Å²) in [6.45, 7) is 11.1. The minimum Gasteiger partial charge on any atom is -0.569 e. The molecule has 0 radical (unpaired) electrons.